The molecular formula is C29H25FN4O2S. The quantitative estimate of drug-likeness (QED) is 0.332. The zero-order chi connectivity index (χ0) is 26.3. The summed E-state index contributed by atoms with van der Waals surface area (Å²) in [6.07, 6.45) is 1.69. The minimum Gasteiger partial charge on any atom is -0.320 e. The first-order valence-corrected chi connectivity index (χ1v) is 12.6. The van der Waals surface area contributed by atoms with E-state index in [1.165, 1.54) is 17.0 Å². The Bertz CT molecular complexity index is 1500. The molecule has 1 fully saturated rings. The van der Waals surface area contributed by atoms with Gasteiger partial charge in [-0.2, -0.15) is 0 Å². The number of carbonyl (C=O) groups is 2. The lowest BCUT2D eigenvalue weighted by molar-refractivity contribution is -0.113. The lowest BCUT2D eigenvalue weighted by Gasteiger charge is -2.21. The Labute approximate surface area is 219 Å². The SMILES string of the molecule is Cc1ccc2c(c1)C(=NN=C1SC(=Cc3ccc(F)cc3)C(=O)N1c1ccc(C(C)(C)C)cc1)C(=O)N2. The normalized spacial score (nSPS) is 18.7. The van der Waals surface area contributed by atoms with E-state index in [-0.39, 0.29) is 28.8 Å². The van der Waals surface area contributed by atoms with Crippen LogP contribution in [-0.2, 0) is 15.0 Å². The van der Waals surface area contributed by atoms with Crippen LogP contribution < -0.4 is 10.2 Å². The Morgan fingerprint density at radius 1 is 0.946 bits per heavy atom. The molecule has 0 unspecified atom stereocenters. The number of thioether (sulfide) groups is 1. The van der Waals surface area contributed by atoms with E-state index in [1.54, 1.807) is 18.2 Å². The number of halogens is 1. The molecule has 0 radical (unpaired) electrons. The van der Waals surface area contributed by atoms with E-state index in [0.717, 1.165) is 22.9 Å². The lowest BCUT2D eigenvalue weighted by atomic mass is 9.87. The van der Waals surface area contributed by atoms with Crippen molar-refractivity contribution in [2.24, 2.45) is 10.2 Å². The van der Waals surface area contributed by atoms with Crippen molar-refractivity contribution in [1.29, 1.82) is 0 Å². The second-order valence-corrected chi connectivity index (χ2v) is 10.9. The van der Waals surface area contributed by atoms with E-state index in [2.05, 4.69) is 36.3 Å². The van der Waals surface area contributed by atoms with Gasteiger partial charge in [0.15, 0.2) is 5.71 Å². The van der Waals surface area contributed by atoms with Gasteiger partial charge in [0, 0.05) is 5.56 Å². The molecular weight excluding hydrogens is 487 g/mol. The molecule has 0 spiro atoms. The molecule has 186 valence electrons. The molecule has 2 aliphatic rings. The monoisotopic (exact) mass is 512 g/mol. The minimum absolute atomic E-state index is 0.0415. The smallest absolute Gasteiger partial charge is 0.276 e. The van der Waals surface area contributed by atoms with Crippen LogP contribution in [0.3, 0.4) is 0 Å². The van der Waals surface area contributed by atoms with Crippen molar-refractivity contribution in [1.82, 2.24) is 0 Å². The highest BCUT2D eigenvalue weighted by molar-refractivity contribution is 8.19. The number of aryl methyl sites for hydroxylation is 1. The van der Waals surface area contributed by atoms with Crippen LogP contribution in [0, 0.1) is 12.7 Å². The molecule has 2 aliphatic heterocycles. The van der Waals surface area contributed by atoms with Crippen LogP contribution in [0.15, 0.2) is 81.8 Å². The predicted molar refractivity (Wildman–Crippen MR) is 148 cm³/mol. The second kappa shape index (κ2) is 9.44. The first-order valence-electron chi connectivity index (χ1n) is 11.8. The fraction of sp³-hybridized carbons (Fsp3) is 0.172. The molecule has 2 heterocycles. The van der Waals surface area contributed by atoms with Crippen molar-refractivity contribution < 1.29 is 14.0 Å². The number of benzene rings is 3. The summed E-state index contributed by atoms with van der Waals surface area (Å²) in [5.74, 6) is -0.970. The van der Waals surface area contributed by atoms with Gasteiger partial charge in [-0.05, 0) is 77.7 Å². The summed E-state index contributed by atoms with van der Waals surface area (Å²) < 4.78 is 13.4. The number of amides is 2. The fourth-order valence-electron chi connectivity index (χ4n) is 4.05. The fourth-order valence-corrected chi connectivity index (χ4v) is 4.98. The van der Waals surface area contributed by atoms with Crippen LogP contribution in [0.1, 0.15) is 43.0 Å². The largest absolute Gasteiger partial charge is 0.320 e. The summed E-state index contributed by atoms with van der Waals surface area (Å²) in [4.78, 5) is 28.0. The third-order valence-corrected chi connectivity index (χ3v) is 7.05. The van der Waals surface area contributed by atoms with Crippen molar-refractivity contribution in [2.45, 2.75) is 33.1 Å². The highest BCUT2D eigenvalue weighted by Crippen LogP contribution is 2.37. The molecule has 0 aromatic heterocycles. The van der Waals surface area contributed by atoms with Gasteiger partial charge in [-0.1, -0.05) is 56.7 Å². The molecule has 8 heteroatoms. The van der Waals surface area contributed by atoms with Crippen molar-refractivity contribution in [3.05, 3.63) is 99.7 Å². The molecule has 0 saturated carbocycles. The first kappa shape index (κ1) is 24.6. The Hall–Kier alpha value is -4.04. The summed E-state index contributed by atoms with van der Waals surface area (Å²) in [7, 11) is 0. The van der Waals surface area contributed by atoms with E-state index >= 15 is 0 Å². The number of hydrogen-bond acceptors (Lipinski definition) is 5. The molecule has 6 nitrogen and oxygen atoms in total. The van der Waals surface area contributed by atoms with E-state index in [9.17, 15) is 14.0 Å². The van der Waals surface area contributed by atoms with Gasteiger partial charge >= 0.3 is 0 Å². The van der Waals surface area contributed by atoms with Gasteiger partial charge in [0.05, 0.1) is 16.3 Å². The van der Waals surface area contributed by atoms with Crippen LogP contribution in [0.4, 0.5) is 15.8 Å². The number of nitrogens with one attached hydrogen (secondary N) is 1. The maximum Gasteiger partial charge on any atom is 0.276 e. The zero-order valence-corrected chi connectivity index (χ0v) is 21.7. The second-order valence-electron chi connectivity index (χ2n) is 9.93. The average Bonchev–Trinajstić information content (AvgIpc) is 3.33. The molecule has 0 bridgehead atoms. The van der Waals surface area contributed by atoms with E-state index in [4.69, 9.17) is 0 Å². The van der Waals surface area contributed by atoms with Gasteiger partial charge < -0.3 is 5.32 Å². The molecule has 0 aliphatic carbocycles. The van der Waals surface area contributed by atoms with Crippen LogP contribution in [0.5, 0.6) is 0 Å². The lowest BCUT2D eigenvalue weighted by Crippen LogP contribution is -2.29. The van der Waals surface area contributed by atoms with Crippen molar-refractivity contribution >= 4 is 51.9 Å². The summed E-state index contributed by atoms with van der Waals surface area (Å²) in [5, 5.41) is 11.8. The summed E-state index contributed by atoms with van der Waals surface area (Å²) in [6, 6.07) is 19.3. The highest BCUT2D eigenvalue weighted by atomic mass is 32.2. The number of fused-ring (bicyclic) bond motifs is 1. The molecule has 5 rings (SSSR count). The van der Waals surface area contributed by atoms with Gasteiger partial charge in [-0.15, -0.1) is 10.2 Å². The van der Waals surface area contributed by atoms with Gasteiger partial charge in [-0.25, -0.2) is 4.39 Å². The molecule has 3 aromatic carbocycles. The van der Waals surface area contributed by atoms with E-state index in [1.807, 2.05) is 49.4 Å². The molecule has 37 heavy (non-hydrogen) atoms. The Morgan fingerprint density at radius 2 is 1.65 bits per heavy atom. The number of rotatable bonds is 3. The average molecular weight is 513 g/mol. The maximum atomic E-state index is 13.5. The Morgan fingerprint density at radius 3 is 2.32 bits per heavy atom. The zero-order valence-electron chi connectivity index (χ0n) is 20.9. The number of anilines is 2. The summed E-state index contributed by atoms with van der Waals surface area (Å²) >= 11 is 1.15. The number of carbonyl (C=O) groups excluding carboxylic acids is 2. The van der Waals surface area contributed by atoms with Gasteiger partial charge in [-0.3, -0.25) is 14.5 Å². The first-order chi connectivity index (χ1) is 17.6. The number of nitrogens with zero attached hydrogens (tertiary/aromatic N) is 3. The van der Waals surface area contributed by atoms with Crippen molar-refractivity contribution in [3.63, 3.8) is 0 Å². The van der Waals surface area contributed by atoms with Crippen LogP contribution in [-0.4, -0.2) is 22.7 Å². The molecule has 0 atom stereocenters. The van der Waals surface area contributed by atoms with Crippen LogP contribution >= 0.6 is 11.8 Å². The van der Waals surface area contributed by atoms with Gasteiger partial charge in [0.2, 0.25) is 5.17 Å². The third kappa shape index (κ3) is 4.97. The maximum absolute atomic E-state index is 13.5. The van der Waals surface area contributed by atoms with Crippen molar-refractivity contribution in [3.8, 4) is 0 Å². The predicted octanol–water partition coefficient (Wildman–Crippen LogP) is 6.26. The molecule has 1 saturated heterocycles. The molecule has 3 aromatic rings. The van der Waals surface area contributed by atoms with Gasteiger partial charge in [0.25, 0.3) is 11.8 Å². The number of amidine groups is 1. The highest BCUT2D eigenvalue weighted by Gasteiger charge is 2.35. The summed E-state index contributed by atoms with van der Waals surface area (Å²) in [5.41, 5.74) is 4.95. The molecule has 2 amide bonds. The van der Waals surface area contributed by atoms with Crippen molar-refractivity contribution in [2.75, 3.05) is 10.2 Å². The van der Waals surface area contributed by atoms with Gasteiger partial charge in [0.1, 0.15) is 5.82 Å². The van der Waals surface area contributed by atoms with E-state index in [0.29, 0.717) is 32.6 Å². The Balaban J connectivity index is 1.57. The number of hydrogen-bond donors (Lipinski definition) is 1. The standard InChI is InChI=1S/C29H25FN4O2S/c1-17-5-14-23-22(15-17)25(26(35)31-23)32-33-28-34(21-12-8-19(9-13-21)29(2,3)4)27(36)24(37-28)16-18-6-10-20(30)11-7-18/h5-16H,1-4H3,(H,31,32,35). The summed E-state index contributed by atoms with van der Waals surface area (Å²) in [6.45, 7) is 8.31. The minimum atomic E-state index is -0.350. The topological polar surface area (TPSA) is 74.1 Å². The Kier molecular flexibility index (Phi) is 6.29. The molecule has 1 N–H and O–H groups in total. The van der Waals surface area contributed by atoms with Crippen LogP contribution in [0.2, 0.25) is 0 Å². The van der Waals surface area contributed by atoms with E-state index < -0.39 is 0 Å². The van der Waals surface area contributed by atoms with Crippen LogP contribution in [0.25, 0.3) is 6.08 Å². The third-order valence-electron chi connectivity index (χ3n) is 6.09.